The largest absolute Gasteiger partial charge is 0.461 e. The predicted molar refractivity (Wildman–Crippen MR) is 197 cm³/mol. The maximum Gasteiger partial charge on any atom is 0.320 e. The van der Waals surface area contributed by atoms with Gasteiger partial charge in [0.15, 0.2) is 17.0 Å². The van der Waals surface area contributed by atoms with Crippen molar-refractivity contribution in [1.29, 1.82) is 0 Å². The number of amides is 1. The van der Waals surface area contributed by atoms with Crippen LogP contribution in [-0.4, -0.2) is 116 Å². The highest BCUT2D eigenvalue weighted by atomic mass is 16.5. The quantitative estimate of drug-likeness (QED) is 0.305. The van der Waals surface area contributed by atoms with Gasteiger partial charge in [-0.1, -0.05) is 33.8 Å². The van der Waals surface area contributed by atoms with Crippen molar-refractivity contribution in [1.82, 2.24) is 29.3 Å². The zero-order valence-corrected chi connectivity index (χ0v) is 31.7. The molecule has 2 aromatic heterocycles. The summed E-state index contributed by atoms with van der Waals surface area (Å²) in [5.74, 6) is 0.598. The first-order valence-electron chi connectivity index (χ1n) is 19.4. The highest BCUT2D eigenvalue weighted by Gasteiger charge is 2.68. The number of aryl methyl sites for hydroxylation is 1. The summed E-state index contributed by atoms with van der Waals surface area (Å²) in [6, 6.07) is 0.0339. The summed E-state index contributed by atoms with van der Waals surface area (Å²) < 4.78 is 8.40. The van der Waals surface area contributed by atoms with Gasteiger partial charge in [-0.25, -0.2) is 15.0 Å². The summed E-state index contributed by atoms with van der Waals surface area (Å²) in [6.45, 7) is 18.4. The van der Waals surface area contributed by atoms with Crippen LogP contribution in [0.2, 0.25) is 0 Å². The Morgan fingerprint density at radius 1 is 1.10 bits per heavy atom. The van der Waals surface area contributed by atoms with Crippen LogP contribution in [0.25, 0.3) is 11.2 Å². The van der Waals surface area contributed by atoms with Gasteiger partial charge < -0.3 is 29.9 Å². The van der Waals surface area contributed by atoms with Gasteiger partial charge in [-0.3, -0.25) is 19.3 Å². The number of hydrogen-bond acceptors (Lipinski definition) is 11. The standard InChI is InChI=1S/C39H58N8O5/c1-7-37(5)18-29(38(6)24(2)8-12-39(26(4)34(37)51)13-9-28(48)33(38)39)52-31(50)21-44-16-17-47(25(3)19-44)30(49)11-15-46-23-43-32-35(41-22-42-36(32)46)45-14-10-27(40)20-45/h7,22-27,29,33-34,51H,1,8-21,40H2,2-6H3/t24-,25+,26+,27?,29-,33-,34+,37-,38+,39+/m1/s1. The number of nitrogens with zero attached hydrogens (tertiary/aromatic N) is 7. The number of rotatable bonds is 8. The van der Waals surface area contributed by atoms with Crippen molar-refractivity contribution in [2.75, 3.05) is 44.2 Å². The number of ketones is 1. The molecule has 5 aliphatic rings. The molecule has 2 aromatic rings. The van der Waals surface area contributed by atoms with Gasteiger partial charge in [0.1, 0.15) is 18.2 Å². The zero-order chi connectivity index (χ0) is 37.2. The number of hydrogen-bond donors (Lipinski definition) is 2. The Morgan fingerprint density at radius 3 is 2.60 bits per heavy atom. The first-order valence-corrected chi connectivity index (χ1v) is 19.4. The molecule has 3 aliphatic carbocycles. The van der Waals surface area contributed by atoms with Gasteiger partial charge in [0.05, 0.1) is 19.0 Å². The van der Waals surface area contributed by atoms with Gasteiger partial charge in [0.2, 0.25) is 5.91 Å². The highest BCUT2D eigenvalue weighted by molar-refractivity contribution is 5.86. The van der Waals surface area contributed by atoms with Crippen LogP contribution in [-0.2, 0) is 25.7 Å². The fourth-order valence-electron chi connectivity index (χ4n) is 11.0. The zero-order valence-electron chi connectivity index (χ0n) is 31.7. The number of ether oxygens (including phenoxy) is 1. The lowest BCUT2D eigenvalue weighted by Gasteiger charge is -2.61. The van der Waals surface area contributed by atoms with Crippen molar-refractivity contribution < 1.29 is 24.2 Å². The monoisotopic (exact) mass is 718 g/mol. The number of fused-ring (bicyclic) bond motifs is 1. The van der Waals surface area contributed by atoms with E-state index in [4.69, 9.17) is 10.5 Å². The lowest BCUT2D eigenvalue weighted by molar-refractivity contribution is -0.207. The van der Waals surface area contributed by atoms with Crippen LogP contribution in [0.3, 0.4) is 0 Å². The van der Waals surface area contributed by atoms with E-state index in [1.54, 1.807) is 12.7 Å². The first kappa shape index (κ1) is 36.9. The molecular formula is C39H58N8O5. The number of carbonyl (C=O) groups excluding carboxylic acids is 3. The Labute approximate surface area is 307 Å². The molecule has 1 amide bonds. The van der Waals surface area contributed by atoms with Gasteiger partial charge in [-0.2, -0.15) is 0 Å². The maximum atomic E-state index is 13.8. The van der Waals surface area contributed by atoms with E-state index < -0.39 is 23.0 Å². The molecule has 52 heavy (non-hydrogen) atoms. The molecule has 1 unspecified atom stereocenters. The molecule has 13 nitrogen and oxygen atoms in total. The Morgan fingerprint density at radius 2 is 1.88 bits per heavy atom. The third kappa shape index (κ3) is 6.04. The molecular weight excluding hydrogens is 660 g/mol. The minimum absolute atomic E-state index is 0.0475. The van der Waals surface area contributed by atoms with E-state index in [-0.39, 0.29) is 59.5 Å². The van der Waals surface area contributed by atoms with Crippen LogP contribution in [0.1, 0.15) is 79.6 Å². The van der Waals surface area contributed by atoms with Gasteiger partial charge in [0.25, 0.3) is 0 Å². The van der Waals surface area contributed by atoms with E-state index >= 15 is 0 Å². The summed E-state index contributed by atoms with van der Waals surface area (Å²) in [6.07, 6.45) is 8.61. The molecule has 0 aromatic carbocycles. The van der Waals surface area contributed by atoms with Crippen LogP contribution < -0.4 is 10.6 Å². The molecule has 13 heteroatoms. The molecule has 3 saturated carbocycles. The van der Waals surface area contributed by atoms with Crippen molar-refractivity contribution in [3.8, 4) is 0 Å². The van der Waals surface area contributed by atoms with Crippen LogP contribution in [0.4, 0.5) is 5.82 Å². The van der Waals surface area contributed by atoms with Crippen molar-refractivity contribution in [2.24, 2.45) is 39.7 Å². The minimum atomic E-state index is -0.698. The van der Waals surface area contributed by atoms with E-state index in [0.29, 0.717) is 51.1 Å². The Kier molecular flexibility index (Phi) is 9.78. The molecule has 0 radical (unpaired) electrons. The smallest absolute Gasteiger partial charge is 0.320 e. The van der Waals surface area contributed by atoms with Crippen molar-refractivity contribution in [2.45, 2.75) is 110 Å². The van der Waals surface area contributed by atoms with E-state index in [0.717, 1.165) is 50.1 Å². The van der Waals surface area contributed by atoms with Crippen molar-refractivity contribution >= 4 is 34.6 Å². The number of anilines is 1. The number of carbonyl (C=O) groups is 3. The number of nitrogens with two attached hydrogens (primary N) is 1. The fraction of sp³-hybridized carbons (Fsp3) is 0.744. The Hall–Kier alpha value is -3.42. The molecule has 4 heterocycles. The normalized spacial score (nSPS) is 38.2. The first-order chi connectivity index (χ1) is 24.7. The Bertz CT molecular complexity index is 1720. The van der Waals surface area contributed by atoms with Crippen LogP contribution in [0.15, 0.2) is 25.3 Å². The molecule has 10 atom stereocenters. The molecule has 5 fully saturated rings. The maximum absolute atomic E-state index is 13.8. The summed E-state index contributed by atoms with van der Waals surface area (Å²) in [4.78, 5) is 60.7. The average Bonchev–Trinajstić information content (AvgIpc) is 3.84. The van der Waals surface area contributed by atoms with Gasteiger partial charge in [-0.05, 0) is 56.3 Å². The third-order valence-electron chi connectivity index (χ3n) is 14.4. The van der Waals surface area contributed by atoms with E-state index in [9.17, 15) is 19.5 Å². The number of piperazine rings is 1. The number of imidazole rings is 1. The van der Waals surface area contributed by atoms with Crippen LogP contribution in [0, 0.1) is 34.0 Å². The molecule has 284 valence electrons. The Balaban J connectivity index is 0.989. The molecule has 7 rings (SSSR count). The topological polar surface area (TPSA) is 160 Å². The van der Waals surface area contributed by atoms with E-state index in [1.807, 2.05) is 29.4 Å². The number of Topliss-reactive ketones (excluding diaryl/α,β-unsaturated/α-hetero) is 1. The molecule has 2 aliphatic heterocycles. The second-order valence-electron chi connectivity index (χ2n) is 17.3. The summed E-state index contributed by atoms with van der Waals surface area (Å²) >= 11 is 0. The van der Waals surface area contributed by atoms with Gasteiger partial charge >= 0.3 is 5.97 Å². The number of aromatic nitrogens is 4. The SMILES string of the molecule is C=C[C@]1(C)C[C@@H](OC(=O)CN2CCN(C(=O)CCn3cnc4c(N5CCC(N)C5)ncnc43)[C@@H](C)C2)[C@]2(C)[C@H](C)CC[C@]3(CCC(=O)[C@@H]32)[C@@H](C)[C@@H]1O. The summed E-state index contributed by atoms with van der Waals surface area (Å²) in [7, 11) is 0. The molecule has 0 spiro atoms. The summed E-state index contributed by atoms with van der Waals surface area (Å²) in [5.41, 5.74) is 6.02. The van der Waals surface area contributed by atoms with Crippen molar-refractivity contribution in [3.05, 3.63) is 25.3 Å². The lowest BCUT2D eigenvalue weighted by Crippen LogP contribution is -2.63. The molecule has 2 saturated heterocycles. The minimum Gasteiger partial charge on any atom is -0.461 e. The average molecular weight is 719 g/mol. The molecule has 2 bridgehead atoms. The number of aliphatic hydroxyl groups excluding tert-OH is 1. The van der Waals surface area contributed by atoms with Crippen molar-refractivity contribution in [3.63, 3.8) is 0 Å². The van der Waals surface area contributed by atoms with Gasteiger partial charge in [-0.15, -0.1) is 6.58 Å². The predicted octanol–water partition coefficient (Wildman–Crippen LogP) is 3.19. The number of aliphatic hydroxyl groups is 1. The third-order valence-corrected chi connectivity index (χ3v) is 14.4. The second-order valence-corrected chi connectivity index (χ2v) is 17.3. The van der Waals surface area contributed by atoms with E-state index in [2.05, 4.69) is 52.1 Å². The second kappa shape index (κ2) is 13.8. The lowest BCUT2D eigenvalue weighted by atomic mass is 9.44. The number of esters is 1. The van der Waals surface area contributed by atoms with Crippen LogP contribution in [0.5, 0.6) is 0 Å². The van der Waals surface area contributed by atoms with Crippen LogP contribution >= 0.6 is 0 Å². The van der Waals surface area contributed by atoms with Gasteiger partial charge in [0, 0.05) is 80.9 Å². The highest BCUT2D eigenvalue weighted by Crippen LogP contribution is 2.68. The fourth-order valence-corrected chi connectivity index (χ4v) is 11.0. The summed E-state index contributed by atoms with van der Waals surface area (Å²) in [5, 5.41) is 11.8. The van der Waals surface area contributed by atoms with E-state index in [1.165, 1.54) is 0 Å². The molecule has 3 N–H and O–H groups in total.